The van der Waals surface area contributed by atoms with Crippen molar-refractivity contribution in [1.82, 2.24) is 4.98 Å². The van der Waals surface area contributed by atoms with Crippen molar-refractivity contribution in [1.29, 1.82) is 0 Å². The summed E-state index contributed by atoms with van der Waals surface area (Å²) in [6.45, 7) is 4.49. The standard InChI is InChI=1S/C20H31N3O4/c1-3-5-6-15-7-9-16(10-8-15)20(24)27-14-17(4-2)22-19-12-11-18(13-21-19)23(25)26/h11-13,15-17H,3-10,14H2,1-2H3,(H,21,22). The second-order valence-electron chi connectivity index (χ2n) is 7.40. The average Bonchev–Trinajstić information content (AvgIpc) is 2.70. The van der Waals surface area contributed by atoms with Crippen LogP contribution < -0.4 is 5.32 Å². The van der Waals surface area contributed by atoms with Gasteiger partial charge in [-0.05, 0) is 44.1 Å². The smallest absolute Gasteiger partial charge is 0.309 e. The van der Waals surface area contributed by atoms with E-state index in [9.17, 15) is 14.9 Å². The van der Waals surface area contributed by atoms with E-state index >= 15 is 0 Å². The van der Waals surface area contributed by atoms with Gasteiger partial charge < -0.3 is 10.1 Å². The van der Waals surface area contributed by atoms with E-state index in [2.05, 4.69) is 17.2 Å². The minimum Gasteiger partial charge on any atom is -0.463 e. The SMILES string of the molecule is CCCCC1CCC(C(=O)OCC(CC)Nc2ccc([N+](=O)[O-])cn2)CC1. The summed E-state index contributed by atoms with van der Waals surface area (Å²) >= 11 is 0. The third-order valence-corrected chi connectivity index (χ3v) is 5.38. The molecule has 0 spiro atoms. The predicted octanol–water partition coefficient (Wildman–Crippen LogP) is 4.72. The Balaban J connectivity index is 1.75. The van der Waals surface area contributed by atoms with Gasteiger partial charge in [-0.2, -0.15) is 0 Å². The molecule has 1 N–H and O–H groups in total. The number of nitrogens with zero attached hydrogens (tertiary/aromatic N) is 2. The molecule has 1 unspecified atom stereocenters. The van der Waals surface area contributed by atoms with Gasteiger partial charge in [-0.25, -0.2) is 4.98 Å². The molecule has 1 atom stereocenters. The van der Waals surface area contributed by atoms with E-state index in [0.717, 1.165) is 38.0 Å². The number of carbonyl (C=O) groups excluding carboxylic acids is 1. The van der Waals surface area contributed by atoms with Crippen LogP contribution in [0.1, 0.15) is 65.2 Å². The highest BCUT2D eigenvalue weighted by atomic mass is 16.6. The van der Waals surface area contributed by atoms with Gasteiger partial charge in [-0.15, -0.1) is 0 Å². The largest absolute Gasteiger partial charge is 0.463 e. The number of hydrogen-bond donors (Lipinski definition) is 1. The van der Waals surface area contributed by atoms with Crippen LogP contribution in [0, 0.1) is 22.0 Å². The number of carbonyl (C=O) groups is 1. The lowest BCUT2D eigenvalue weighted by Gasteiger charge is -2.27. The number of anilines is 1. The van der Waals surface area contributed by atoms with Crippen LogP contribution in [0.4, 0.5) is 11.5 Å². The number of unbranched alkanes of at least 4 members (excludes halogenated alkanes) is 1. The van der Waals surface area contributed by atoms with Gasteiger partial charge in [-0.3, -0.25) is 14.9 Å². The Morgan fingerprint density at radius 2 is 2.07 bits per heavy atom. The second kappa shape index (κ2) is 10.8. The Hall–Kier alpha value is -2.18. The fourth-order valence-electron chi connectivity index (χ4n) is 3.53. The van der Waals surface area contributed by atoms with Crippen LogP contribution in [0.2, 0.25) is 0 Å². The van der Waals surface area contributed by atoms with Crippen LogP contribution in [0.5, 0.6) is 0 Å². The number of nitro groups is 1. The first-order valence-electron chi connectivity index (χ1n) is 10.1. The summed E-state index contributed by atoms with van der Waals surface area (Å²) < 4.78 is 5.55. The van der Waals surface area contributed by atoms with Gasteiger partial charge in [0.15, 0.2) is 0 Å². The Morgan fingerprint density at radius 3 is 2.63 bits per heavy atom. The monoisotopic (exact) mass is 377 g/mol. The number of pyridine rings is 1. The molecule has 27 heavy (non-hydrogen) atoms. The van der Waals surface area contributed by atoms with E-state index in [1.807, 2.05) is 6.92 Å². The predicted molar refractivity (Wildman–Crippen MR) is 105 cm³/mol. The van der Waals surface area contributed by atoms with Gasteiger partial charge in [-0.1, -0.05) is 33.1 Å². The molecular weight excluding hydrogens is 346 g/mol. The van der Waals surface area contributed by atoms with E-state index in [0.29, 0.717) is 5.82 Å². The molecule has 1 aliphatic rings. The minimum atomic E-state index is -0.479. The maximum Gasteiger partial charge on any atom is 0.309 e. The van der Waals surface area contributed by atoms with E-state index in [4.69, 9.17) is 4.74 Å². The molecular formula is C20H31N3O4. The molecule has 0 radical (unpaired) electrons. The van der Waals surface area contributed by atoms with Gasteiger partial charge in [0.05, 0.1) is 16.9 Å². The molecule has 2 rings (SSSR count). The van der Waals surface area contributed by atoms with Crippen LogP contribution >= 0.6 is 0 Å². The zero-order chi connectivity index (χ0) is 19.6. The Kier molecular flexibility index (Phi) is 8.48. The summed E-state index contributed by atoms with van der Waals surface area (Å²) in [5, 5.41) is 13.9. The number of ether oxygens (including phenoxy) is 1. The van der Waals surface area contributed by atoms with Crippen LogP contribution in [-0.2, 0) is 9.53 Å². The first kappa shape index (κ1) is 21.1. The molecule has 0 bridgehead atoms. The fraction of sp³-hybridized carbons (Fsp3) is 0.700. The van der Waals surface area contributed by atoms with Crippen molar-refractivity contribution in [3.8, 4) is 0 Å². The van der Waals surface area contributed by atoms with Gasteiger partial charge in [0, 0.05) is 6.07 Å². The summed E-state index contributed by atoms with van der Waals surface area (Å²) in [6, 6.07) is 2.91. The van der Waals surface area contributed by atoms with Crippen molar-refractivity contribution in [3.63, 3.8) is 0 Å². The topological polar surface area (TPSA) is 94.4 Å². The van der Waals surface area contributed by atoms with Crippen LogP contribution in [0.15, 0.2) is 18.3 Å². The second-order valence-corrected chi connectivity index (χ2v) is 7.40. The van der Waals surface area contributed by atoms with Crippen molar-refractivity contribution in [3.05, 3.63) is 28.4 Å². The van der Waals surface area contributed by atoms with E-state index in [1.54, 1.807) is 6.07 Å². The zero-order valence-corrected chi connectivity index (χ0v) is 16.4. The van der Waals surface area contributed by atoms with Gasteiger partial charge >= 0.3 is 5.97 Å². The average molecular weight is 377 g/mol. The molecule has 1 fully saturated rings. The summed E-state index contributed by atoms with van der Waals surface area (Å²) in [5.74, 6) is 1.24. The Bertz CT molecular complexity index is 598. The molecule has 0 saturated heterocycles. The number of aromatic nitrogens is 1. The van der Waals surface area contributed by atoms with Crippen molar-refractivity contribution in [2.75, 3.05) is 11.9 Å². The normalized spacial score (nSPS) is 20.7. The molecule has 0 aromatic carbocycles. The van der Waals surface area contributed by atoms with E-state index in [-0.39, 0.29) is 30.2 Å². The lowest BCUT2D eigenvalue weighted by molar-refractivity contribution is -0.385. The van der Waals surface area contributed by atoms with Crippen LogP contribution in [-0.4, -0.2) is 28.5 Å². The molecule has 1 aromatic rings. The molecule has 1 saturated carbocycles. The lowest BCUT2D eigenvalue weighted by atomic mass is 9.80. The van der Waals surface area contributed by atoms with E-state index < -0.39 is 4.92 Å². The minimum absolute atomic E-state index is 0.0258. The molecule has 1 aromatic heterocycles. The summed E-state index contributed by atoms with van der Waals surface area (Å²) in [4.78, 5) is 26.6. The molecule has 7 heteroatoms. The fourth-order valence-corrected chi connectivity index (χ4v) is 3.53. The van der Waals surface area contributed by atoms with Crippen LogP contribution in [0.3, 0.4) is 0 Å². The summed E-state index contributed by atoms with van der Waals surface area (Å²) in [7, 11) is 0. The Morgan fingerprint density at radius 1 is 1.33 bits per heavy atom. The third kappa shape index (κ3) is 6.81. The van der Waals surface area contributed by atoms with Gasteiger partial charge in [0.2, 0.25) is 0 Å². The molecule has 7 nitrogen and oxygen atoms in total. The first-order valence-corrected chi connectivity index (χ1v) is 10.1. The molecule has 1 aliphatic carbocycles. The van der Waals surface area contributed by atoms with Gasteiger partial charge in [0.25, 0.3) is 5.69 Å². The van der Waals surface area contributed by atoms with Crippen molar-refractivity contribution >= 4 is 17.5 Å². The number of nitrogens with one attached hydrogen (secondary N) is 1. The Labute approximate surface area is 161 Å². The highest BCUT2D eigenvalue weighted by Gasteiger charge is 2.27. The van der Waals surface area contributed by atoms with Crippen LogP contribution in [0.25, 0.3) is 0 Å². The number of esters is 1. The molecule has 0 aliphatic heterocycles. The summed E-state index contributed by atoms with van der Waals surface area (Å²) in [6.07, 6.45) is 9.89. The summed E-state index contributed by atoms with van der Waals surface area (Å²) in [5.41, 5.74) is -0.0467. The molecule has 0 amide bonds. The molecule has 150 valence electrons. The lowest BCUT2D eigenvalue weighted by Crippen LogP contribution is -2.30. The third-order valence-electron chi connectivity index (χ3n) is 5.38. The number of hydrogen-bond acceptors (Lipinski definition) is 6. The van der Waals surface area contributed by atoms with Crippen molar-refractivity contribution < 1.29 is 14.5 Å². The van der Waals surface area contributed by atoms with Crippen molar-refractivity contribution in [2.24, 2.45) is 11.8 Å². The van der Waals surface area contributed by atoms with Crippen molar-refractivity contribution in [2.45, 2.75) is 71.3 Å². The highest BCUT2D eigenvalue weighted by Crippen LogP contribution is 2.32. The maximum absolute atomic E-state index is 12.4. The first-order chi connectivity index (χ1) is 13.0. The van der Waals surface area contributed by atoms with Gasteiger partial charge in [0.1, 0.15) is 18.6 Å². The maximum atomic E-state index is 12.4. The van der Waals surface area contributed by atoms with E-state index in [1.165, 1.54) is 31.5 Å². The zero-order valence-electron chi connectivity index (χ0n) is 16.4. The highest BCUT2D eigenvalue weighted by molar-refractivity contribution is 5.72. The number of rotatable bonds is 10. The molecule has 1 heterocycles. The quantitative estimate of drug-likeness (QED) is 0.360.